The van der Waals surface area contributed by atoms with Crippen LogP contribution in [0.15, 0.2) is 243 Å². The molecule has 60 heavy (non-hydrogen) atoms. The van der Waals surface area contributed by atoms with E-state index in [0.717, 1.165) is 0 Å². The molecule has 8 aromatic carbocycles. The molecule has 0 atom stereocenters. The minimum atomic E-state index is -2.24. The van der Waals surface area contributed by atoms with E-state index in [2.05, 4.69) is 303 Å². The third-order valence-corrected chi connectivity index (χ3v) is 77.2. The zero-order chi connectivity index (χ0) is 41.5. The van der Waals surface area contributed by atoms with Crippen molar-refractivity contribution in [2.24, 2.45) is 0 Å². The average Bonchev–Trinajstić information content (AvgIpc) is 3.34. The molecule has 0 heterocycles. The predicted octanol–water partition coefficient (Wildman–Crippen LogP) is 7.89. The molecule has 0 spiro atoms. The van der Waals surface area contributed by atoms with Gasteiger partial charge in [0.05, 0.1) is 0 Å². The molecular formula is C50H42P4Se6. The van der Waals surface area contributed by atoms with E-state index in [1.54, 1.807) is 0 Å². The molecule has 0 aliphatic rings. The quantitative estimate of drug-likeness (QED) is 0.0725. The molecule has 0 nitrogen and oxygen atoms in total. The summed E-state index contributed by atoms with van der Waals surface area (Å²) in [6.45, 7) is 0. The van der Waals surface area contributed by atoms with E-state index in [4.69, 9.17) is 0 Å². The fourth-order valence-electron chi connectivity index (χ4n) is 7.61. The standard InChI is InChI=1S/C50H42P4Se6/c55-51(41-25-9-1-10-26-41,42-27-11-2-12-28-42)49(52(56,43-29-13-3-14-30-43)44-31-15-4-16-32-44)59-60-50(53(57,45-33-17-5-18-34-45)46-35-19-6-20-36-46)54(58,47-37-21-7-22-38-47)48-39-23-8-24-40-48/h1-40,49-50H. The van der Waals surface area contributed by atoms with Crippen LogP contribution in [-0.4, -0.2) is 95.3 Å². The van der Waals surface area contributed by atoms with Crippen LogP contribution in [0.2, 0.25) is 0 Å². The van der Waals surface area contributed by atoms with Crippen LogP contribution in [0, 0.1) is 0 Å². The molecule has 0 saturated heterocycles. The van der Waals surface area contributed by atoms with Crippen molar-refractivity contribution in [2.75, 3.05) is 0 Å². The van der Waals surface area contributed by atoms with Crippen LogP contribution < -0.4 is 42.4 Å². The van der Waals surface area contributed by atoms with Crippen molar-refractivity contribution in [3.63, 3.8) is 0 Å². The molecule has 0 unspecified atom stereocenters. The third-order valence-electron chi connectivity index (χ3n) is 10.6. The van der Waals surface area contributed by atoms with E-state index >= 15 is 0 Å². The Hall–Kier alpha value is -1.40. The summed E-state index contributed by atoms with van der Waals surface area (Å²) in [4.78, 5) is 0. The van der Waals surface area contributed by atoms with Crippen molar-refractivity contribution in [2.45, 2.75) is 8.60 Å². The number of hydrogen-bond acceptors (Lipinski definition) is 0. The summed E-state index contributed by atoms with van der Waals surface area (Å²) in [5.41, 5.74) is -8.98. The molecule has 0 bridgehead atoms. The molecular weight excluding hydrogens is 1200 g/mol. The van der Waals surface area contributed by atoms with Gasteiger partial charge in [0.15, 0.2) is 0 Å². The fraction of sp³-hybridized carbons (Fsp3) is 0.0400. The van der Waals surface area contributed by atoms with Gasteiger partial charge in [-0.3, -0.25) is 0 Å². The Balaban J connectivity index is 1.46. The summed E-state index contributed by atoms with van der Waals surface area (Å²) in [5.74, 6) is 0. The van der Waals surface area contributed by atoms with Gasteiger partial charge in [-0.1, -0.05) is 0 Å². The van der Waals surface area contributed by atoms with E-state index in [1.807, 2.05) is 0 Å². The Bertz CT molecular complexity index is 2250. The maximum absolute atomic E-state index is 4.14. The Morgan fingerprint density at radius 2 is 0.333 bits per heavy atom. The monoisotopic (exact) mass is 1250 g/mol. The number of benzene rings is 8. The van der Waals surface area contributed by atoms with E-state index in [-0.39, 0.29) is 26.3 Å². The second-order valence-corrected chi connectivity index (χ2v) is 51.1. The summed E-state index contributed by atoms with van der Waals surface area (Å²) in [6, 6.07) is 91.8. The SMILES string of the molecule is [Se]=P(c1ccccc1)(c1ccccc1)C([Se][Se]C(P(=[Se])(c1ccccc1)c1ccccc1)P(=[Se])(c1ccccc1)c1ccccc1)P(=[Se])(c1ccccc1)c1ccccc1. The first-order chi connectivity index (χ1) is 29.3. The summed E-state index contributed by atoms with van der Waals surface area (Å²) < 4.78 is 0.629. The van der Waals surface area contributed by atoms with Gasteiger partial charge in [0.2, 0.25) is 0 Å². The van der Waals surface area contributed by atoms with Crippen LogP contribution in [-0.2, 0) is 0 Å². The van der Waals surface area contributed by atoms with Gasteiger partial charge in [0, 0.05) is 0 Å². The van der Waals surface area contributed by atoms with Gasteiger partial charge in [-0.05, 0) is 0 Å². The fourth-order valence-corrected chi connectivity index (χ4v) is 102. The number of hydrogen-bond donors (Lipinski definition) is 0. The van der Waals surface area contributed by atoms with Crippen molar-refractivity contribution in [3.05, 3.63) is 243 Å². The van der Waals surface area contributed by atoms with Crippen LogP contribution >= 0.6 is 22.0 Å². The second-order valence-electron chi connectivity index (χ2n) is 14.2. The molecule has 0 saturated carbocycles. The van der Waals surface area contributed by atoms with Gasteiger partial charge in [0.25, 0.3) is 0 Å². The van der Waals surface area contributed by atoms with Gasteiger partial charge >= 0.3 is 402 Å². The van der Waals surface area contributed by atoms with Gasteiger partial charge in [-0.2, -0.15) is 0 Å². The predicted molar refractivity (Wildman–Crippen MR) is 278 cm³/mol. The third kappa shape index (κ3) is 8.98. The van der Waals surface area contributed by atoms with Crippen LogP contribution in [0.25, 0.3) is 0 Å². The summed E-state index contributed by atoms with van der Waals surface area (Å²) in [7, 11) is 0. The molecule has 0 amide bonds. The Labute approximate surface area is 398 Å². The second kappa shape index (κ2) is 20.6. The summed E-state index contributed by atoms with van der Waals surface area (Å²) in [6.07, 6.45) is 0. The average molecular weight is 1240 g/mol. The first-order valence-corrected chi connectivity index (χ1v) is 42.1. The van der Waals surface area contributed by atoms with Gasteiger partial charge < -0.3 is 0 Å². The van der Waals surface area contributed by atoms with E-state index in [0.29, 0.717) is 8.60 Å². The van der Waals surface area contributed by atoms with Crippen molar-refractivity contribution in [3.8, 4) is 0 Å². The van der Waals surface area contributed by atoms with Crippen molar-refractivity contribution < 1.29 is 0 Å². The first kappa shape index (κ1) is 45.2. The van der Waals surface area contributed by atoms with Gasteiger partial charge in [-0.15, -0.1) is 0 Å². The van der Waals surface area contributed by atoms with Crippen LogP contribution in [0.5, 0.6) is 0 Å². The molecule has 298 valence electrons. The Morgan fingerprint density at radius 1 is 0.217 bits per heavy atom. The summed E-state index contributed by atoms with van der Waals surface area (Å²) >= 11 is 16.9. The normalized spacial score (nSPS) is 12.4. The first-order valence-electron chi connectivity index (χ1n) is 19.5. The van der Waals surface area contributed by atoms with Crippen LogP contribution in [0.4, 0.5) is 0 Å². The van der Waals surface area contributed by atoms with Gasteiger partial charge in [0.1, 0.15) is 0 Å². The maximum atomic E-state index is 4.14. The molecule has 0 radical (unpaired) electrons. The van der Waals surface area contributed by atoms with E-state index < -0.39 is 22.0 Å². The topological polar surface area (TPSA) is 0 Å². The van der Waals surface area contributed by atoms with E-state index in [9.17, 15) is 0 Å². The van der Waals surface area contributed by atoms with Crippen LogP contribution in [0.3, 0.4) is 0 Å². The number of rotatable bonds is 15. The van der Waals surface area contributed by atoms with Crippen molar-refractivity contribution in [1.82, 2.24) is 0 Å². The molecule has 10 heteroatoms. The minimum absolute atomic E-state index is 0.143. The van der Waals surface area contributed by atoms with Crippen LogP contribution in [0.1, 0.15) is 0 Å². The Morgan fingerprint density at radius 3 is 0.450 bits per heavy atom. The molecule has 0 N–H and O–H groups in total. The molecule has 0 fully saturated rings. The molecule has 0 aliphatic heterocycles. The Kier molecular flexibility index (Phi) is 15.5. The summed E-state index contributed by atoms with van der Waals surface area (Å²) in [5, 5.41) is 11.4. The molecule has 0 aliphatic carbocycles. The zero-order valence-electron chi connectivity index (χ0n) is 32.5. The zero-order valence-corrected chi connectivity index (χ0v) is 46.3. The van der Waals surface area contributed by atoms with Gasteiger partial charge in [-0.25, -0.2) is 0 Å². The van der Waals surface area contributed by atoms with E-state index in [1.165, 1.54) is 42.4 Å². The molecule has 8 aromatic rings. The van der Waals surface area contributed by atoms with Crippen molar-refractivity contribution >= 4 is 151 Å². The van der Waals surface area contributed by atoms with Crippen molar-refractivity contribution in [1.29, 1.82) is 0 Å². The molecule has 8 rings (SSSR count). The molecule has 0 aromatic heterocycles.